The van der Waals surface area contributed by atoms with Gasteiger partial charge in [0.25, 0.3) is 0 Å². The van der Waals surface area contributed by atoms with Gasteiger partial charge in [-0.15, -0.1) is 0 Å². The molecule has 3 N–H and O–H groups in total. The number of H-pyrrole nitrogens is 1. The first-order valence-electron chi connectivity index (χ1n) is 4.40. The maximum Gasteiger partial charge on any atom is 0.417 e. The van der Waals surface area contributed by atoms with Gasteiger partial charge in [-0.25, -0.2) is 4.79 Å². The molecule has 2 aromatic rings. The molecule has 0 fully saturated rings. The number of hydrogen-bond acceptors (Lipinski definition) is 3. The van der Waals surface area contributed by atoms with Crippen LogP contribution < -0.4 is 11.5 Å². The number of aryl methyl sites for hydroxylation is 2. The molecule has 0 spiro atoms. The van der Waals surface area contributed by atoms with Crippen LogP contribution in [-0.4, -0.2) is 4.98 Å². The fourth-order valence-corrected chi connectivity index (χ4v) is 1.65. The zero-order valence-electron chi connectivity index (χ0n) is 8.39. The third-order valence-corrected chi connectivity index (χ3v) is 2.73. The highest BCUT2D eigenvalue weighted by atomic mass is 16.4. The van der Waals surface area contributed by atoms with Gasteiger partial charge in [0.05, 0.1) is 5.52 Å². The predicted molar refractivity (Wildman–Crippen MR) is 55.5 cm³/mol. The number of anilines is 1. The lowest BCUT2D eigenvalue weighted by Gasteiger charge is -2.07. The molecule has 0 saturated heterocycles. The fraction of sp³-hybridized carbons (Fsp3) is 0.300. The van der Waals surface area contributed by atoms with Crippen molar-refractivity contribution in [3.63, 3.8) is 0 Å². The van der Waals surface area contributed by atoms with Gasteiger partial charge in [-0.05, 0) is 31.9 Å². The third kappa shape index (κ3) is 0.968. The number of hydrogen-bond donors (Lipinski definition) is 2. The van der Waals surface area contributed by atoms with Crippen LogP contribution in [0.25, 0.3) is 11.1 Å². The lowest BCUT2D eigenvalue weighted by Crippen LogP contribution is -1.97. The average molecular weight is 192 g/mol. The van der Waals surface area contributed by atoms with Crippen molar-refractivity contribution in [2.45, 2.75) is 20.8 Å². The Balaban J connectivity index is 3.08. The van der Waals surface area contributed by atoms with Gasteiger partial charge in [0.15, 0.2) is 5.58 Å². The Morgan fingerprint density at radius 3 is 2.43 bits per heavy atom. The van der Waals surface area contributed by atoms with Crippen molar-refractivity contribution in [2.75, 3.05) is 5.73 Å². The number of fused-ring (bicyclic) bond motifs is 1. The molecule has 14 heavy (non-hydrogen) atoms. The molecule has 1 aromatic carbocycles. The van der Waals surface area contributed by atoms with Crippen LogP contribution in [-0.2, 0) is 0 Å². The summed E-state index contributed by atoms with van der Waals surface area (Å²) in [6.07, 6.45) is 0. The van der Waals surface area contributed by atoms with Gasteiger partial charge >= 0.3 is 5.76 Å². The van der Waals surface area contributed by atoms with Gasteiger partial charge in [-0.3, -0.25) is 4.98 Å². The summed E-state index contributed by atoms with van der Waals surface area (Å²) in [4.78, 5) is 13.7. The minimum atomic E-state index is -0.434. The molecule has 0 amide bonds. The third-order valence-electron chi connectivity index (χ3n) is 2.73. The Bertz CT molecular complexity index is 515. The van der Waals surface area contributed by atoms with Gasteiger partial charge in [-0.2, -0.15) is 0 Å². The maximum atomic E-state index is 11.1. The standard InChI is InChI=1S/C10H12N2O2/c1-4-5(2)8-9(6(3)7(4)11)14-10(13)12-8/h11H2,1-3H3,(H,12,13). The Labute approximate surface area is 80.7 Å². The Kier molecular flexibility index (Phi) is 1.67. The Morgan fingerprint density at radius 1 is 1.14 bits per heavy atom. The molecule has 0 aliphatic heterocycles. The van der Waals surface area contributed by atoms with E-state index in [0.29, 0.717) is 11.3 Å². The zero-order valence-corrected chi connectivity index (χ0v) is 8.39. The molecule has 4 nitrogen and oxygen atoms in total. The summed E-state index contributed by atoms with van der Waals surface area (Å²) < 4.78 is 5.02. The Morgan fingerprint density at radius 2 is 1.79 bits per heavy atom. The number of rotatable bonds is 0. The lowest BCUT2D eigenvalue weighted by molar-refractivity contribution is 0.553. The van der Waals surface area contributed by atoms with Gasteiger partial charge < -0.3 is 10.2 Å². The number of oxazole rings is 1. The van der Waals surface area contributed by atoms with Gasteiger partial charge in [0.2, 0.25) is 0 Å². The molecular formula is C10H12N2O2. The van der Waals surface area contributed by atoms with Crippen LogP contribution in [0, 0.1) is 20.8 Å². The summed E-state index contributed by atoms with van der Waals surface area (Å²) in [5.41, 5.74) is 10.7. The fourth-order valence-electron chi connectivity index (χ4n) is 1.65. The van der Waals surface area contributed by atoms with E-state index >= 15 is 0 Å². The predicted octanol–water partition coefficient (Wildman–Crippen LogP) is 1.63. The molecule has 0 atom stereocenters. The van der Waals surface area contributed by atoms with Crippen molar-refractivity contribution in [1.82, 2.24) is 4.98 Å². The minimum Gasteiger partial charge on any atom is -0.407 e. The molecular weight excluding hydrogens is 180 g/mol. The number of nitrogens with one attached hydrogen (secondary N) is 1. The molecule has 1 aromatic heterocycles. The SMILES string of the molecule is Cc1c(N)c(C)c2oc(=O)[nH]c2c1C. The maximum absolute atomic E-state index is 11.1. The van der Waals surface area contributed by atoms with Crippen LogP contribution in [0.2, 0.25) is 0 Å². The van der Waals surface area contributed by atoms with E-state index in [0.717, 1.165) is 22.2 Å². The van der Waals surface area contributed by atoms with Gasteiger partial charge in [0.1, 0.15) is 0 Å². The quantitative estimate of drug-likeness (QED) is 0.623. The van der Waals surface area contributed by atoms with Crippen LogP contribution in [0.4, 0.5) is 5.69 Å². The van der Waals surface area contributed by atoms with Crippen LogP contribution in [0.15, 0.2) is 9.21 Å². The van der Waals surface area contributed by atoms with Crippen molar-refractivity contribution in [1.29, 1.82) is 0 Å². The first-order valence-corrected chi connectivity index (χ1v) is 4.40. The van der Waals surface area contributed by atoms with Crippen molar-refractivity contribution < 1.29 is 4.42 Å². The summed E-state index contributed by atoms with van der Waals surface area (Å²) in [6.45, 7) is 5.70. The molecule has 0 aliphatic rings. The normalized spacial score (nSPS) is 11.1. The molecule has 0 radical (unpaired) electrons. The first-order chi connectivity index (χ1) is 6.52. The summed E-state index contributed by atoms with van der Waals surface area (Å²) in [7, 11) is 0. The van der Waals surface area contributed by atoms with E-state index < -0.39 is 5.76 Å². The van der Waals surface area contributed by atoms with E-state index in [4.69, 9.17) is 10.2 Å². The molecule has 0 unspecified atom stereocenters. The largest absolute Gasteiger partial charge is 0.417 e. The number of aromatic amines is 1. The first kappa shape index (κ1) is 8.87. The van der Waals surface area contributed by atoms with Crippen LogP contribution >= 0.6 is 0 Å². The van der Waals surface area contributed by atoms with Crippen molar-refractivity contribution in [2.24, 2.45) is 0 Å². The van der Waals surface area contributed by atoms with Crippen molar-refractivity contribution in [3.8, 4) is 0 Å². The lowest BCUT2D eigenvalue weighted by atomic mass is 10.0. The minimum absolute atomic E-state index is 0.434. The number of nitrogen functional groups attached to an aromatic ring is 1. The number of aromatic nitrogens is 1. The van der Waals surface area contributed by atoms with Gasteiger partial charge in [0, 0.05) is 11.3 Å². The highest BCUT2D eigenvalue weighted by Gasteiger charge is 2.13. The molecule has 0 saturated carbocycles. The highest BCUT2D eigenvalue weighted by molar-refractivity contribution is 5.86. The topological polar surface area (TPSA) is 72.0 Å². The molecule has 0 bridgehead atoms. The van der Waals surface area contributed by atoms with E-state index in [2.05, 4.69) is 4.98 Å². The second kappa shape index (κ2) is 2.64. The van der Waals surface area contributed by atoms with Crippen LogP contribution in [0.5, 0.6) is 0 Å². The number of nitrogens with two attached hydrogens (primary N) is 1. The van der Waals surface area contributed by atoms with E-state index in [1.807, 2.05) is 20.8 Å². The summed E-state index contributed by atoms with van der Waals surface area (Å²) in [5.74, 6) is -0.434. The van der Waals surface area contributed by atoms with Crippen molar-refractivity contribution in [3.05, 3.63) is 27.2 Å². The van der Waals surface area contributed by atoms with Crippen molar-refractivity contribution >= 4 is 16.8 Å². The molecule has 2 rings (SSSR count). The van der Waals surface area contributed by atoms with E-state index in [1.54, 1.807) is 0 Å². The Hall–Kier alpha value is -1.71. The average Bonchev–Trinajstić information content (AvgIpc) is 2.54. The zero-order chi connectivity index (χ0) is 10.5. The van der Waals surface area contributed by atoms with E-state index in [9.17, 15) is 4.79 Å². The summed E-state index contributed by atoms with van der Waals surface area (Å²) in [6, 6.07) is 0. The van der Waals surface area contributed by atoms with Crippen LogP contribution in [0.1, 0.15) is 16.7 Å². The van der Waals surface area contributed by atoms with E-state index in [1.165, 1.54) is 0 Å². The van der Waals surface area contributed by atoms with E-state index in [-0.39, 0.29) is 0 Å². The number of benzene rings is 1. The molecule has 4 heteroatoms. The molecule has 0 aliphatic carbocycles. The van der Waals surface area contributed by atoms with Crippen LogP contribution in [0.3, 0.4) is 0 Å². The second-order valence-electron chi connectivity index (χ2n) is 3.51. The second-order valence-corrected chi connectivity index (χ2v) is 3.51. The highest BCUT2D eigenvalue weighted by Crippen LogP contribution is 2.28. The molecule has 1 heterocycles. The summed E-state index contributed by atoms with van der Waals surface area (Å²) in [5, 5.41) is 0. The van der Waals surface area contributed by atoms with Gasteiger partial charge in [-0.1, -0.05) is 0 Å². The smallest absolute Gasteiger partial charge is 0.407 e. The molecule has 74 valence electrons. The monoisotopic (exact) mass is 192 g/mol. The summed E-state index contributed by atoms with van der Waals surface area (Å²) >= 11 is 0.